The number of nitrogens with one attached hydrogen (secondary N) is 2. The fourth-order valence-electron chi connectivity index (χ4n) is 1.63. The van der Waals surface area contributed by atoms with Gasteiger partial charge in [-0.1, -0.05) is 0 Å². The van der Waals surface area contributed by atoms with Crippen LogP contribution < -0.4 is 5.32 Å². The SMILES string of the molecule is CNC1(Cc2cc(C(F)(F)F)n[nH]2)CC1. The minimum absolute atomic E-state index is 0.00456. The third-order valence-corrected chi connectivity index (χ3v) is 2.83. The summed E-state index contributed by atoms with van der Waals surface area (Å²) in [5.74, 6) is 0. The molecule has 0 saturated heterocycles. The van der Waals surface area contributed by atoms with Gasteiger partial charge in [0.05, 0.1) is 0 Å². The molecule has 1 aromatic heterocycles. The van der Waals surface area contributed by atoms with Crippen molar-refractivity contribution in [1.29, 1.82) is 0 Å². The molecule has 1 fully saturated rings. The van der Waals surface area contributed by atoms with Crippen molar-refractivity contribution in [3.05, 3.63) is 17.5 Å². The van der Waals surface area contributed by atoms with Crippen molar-refractivity contribution in [3.8, 4) is 0 Å². The molecule has 0 aromatic carbocycles. The number of likely N-dealkylation sites (N-methyl/N-ethyl adjacent to an activating group) is 1. The highest BCUT2D eigenvalue weighted by Crippen LogP contribution is 2.38. The standard InChI is InChI=1S/C9H12F3N3/c1-13-8(2-3-8)5-6-4-7(15-14-6)9(10,11)12/h4,13H,2-3,5H2,1H3,(H,14,15). The van der Waals surface area contributed by atoms with Gasteiger partial charge in [0, 0.05) is 17.7 Å². The number of alkyl halides is 3. The molecule has 3 nitrogen and oxygen atoms in total. The average Bonchev–Trinajstić information content (AvgIpc) is 2.73. The Morgan fingerprint density at radius 1 is 1.53 bits per heavy atom. The minimum atomic E-state index is -4.36. The molecule has 2 rings (SSSR count). The van der Waals surface area contributed by atoms with E-state index in [9.17, 15) is 13.2 Å². The fourth-order valence-corrected chi connectivity index (χ4v) is 1.63. The van der Waals surface area contributed by atoms with Crippen molar-refractivity contribution in [3.63, 3.8) is 0 Å². The molecule has 15 heavy (non-hydrogen) atoms. The highest BCUT2D eigenvalue weighted by Gasteiger charge is 2.42. The first-order valence-corrected chi connectivity index (χ1v) is 4.76. The summed E-state index contributed by atoms with van der Waals surface area (Å²) in [7, 11) is 1.83. The largest absolute Gasteiger partial charge is 0.435 e. The van der Waals surface area contributed by atoms with Crippen LogP contribution >= 0.6 is 0 Å². The summed E-state index contributed by atoms with van der Waals surface area (Å²) in [5, 5.41) is 8.81. The van der Waals surface area contributed by atoms with E-state index >= 15 is 0 Å². The summed E-state index contributed by atoms with van der Waals surface area (Å²) in [6.07, 6.45) is -1.77. The normalized spacial score (nSPS) is 19.2. The summed E-state index contributed by atoms with van der Waals surface area (Å²) in [4.78, 5) is 0. The van der Waals surface area contributed by atoms with Crippen LogP contribution in [0.4, 0.5) is 13.2 Å². The first-order valence-electron chi connectivity index (χ1n) is 4.76. The van der Waals surface area contributed by atoms with E-state index in [0.29, 0.717) is 12.1 Å². The van der Waals surface area contributed by atoms with Gasteiger partial charge in [-0.15, -0.1) is 0 Å². The molecule has 6 heteroatoms. The maximum atomic E-state index is 12.2. The molecule has 0 radical (unpaired) electrons. The number of halogens is 3. The van der Waals surface area contributed by atoms with Crippen LogP contribution in [0.25, 0.3) is 0 Å². The van der Waals surface area contributed by atoms with Crippen LogP contribution in [0.5, 0.6) is 0 Å². The smallest absolute Gasteiger partial charge is 0.314 e. The first kappa shape index (κ1) is 10.5. The maximum Gasteiger partial charge on any atom is 0.435 e. The van der Waals surface area contributed by atoms with E-state index in [-0.39, 0.29) is 5.54 Å². The average molecular weight is 219 g/mol. The molecule has 84 valence electrons. The lowest BCUT2D eigenvalue weighted by atomic mass is 10.1. The Bertz CT molecular complexity index is 352. The summed E-state index contributed by atoms with van der Waals surface area (Å²) in [6.45, 7) is 0. The molecule has 0 aliphatic heterocycles. The molecule has 0 unspecified atom stereocenters. The van der Waals surface area contributed by atoms with Crippen LogP contribution in [0.2, 0.25) is 0 Å². The number of hydrogen-bond donors (Lipinski definition) is 2. The number of hydrogen-bond acceptors (Lipinski definition) is 2. The number of H-pyrrole nitrogens is 1. The van der Waals surface area contributed by atoms with Crippen LogP contribution in [-0.2, 0) is 12.6 Å². The van der Waals surface area contributed by atoms with E-state index in [1.54, 1.807) is 0 Å². The number of nitrogens with zero attached hydrogens (tertiary/aromatic N) is 1. The summed E-state index contributed by atoms with van der Waals surface area (Å²) in [6, 6.07) is 1.08. The van der Waals surface area contributed by atoms with Crippen molar-refractivity contribution in [2.75, 3.05) is 7.05 Å². The van der Waals surface area contributed by atoms with Gasteiger partial charge in [0.2, 0.25) is 0 Å². The topological polar surface area (TPSA) is 40.7 Å². The molecule has 1 aromatic rings. The zero-order valence-electron chi connectivity index (χ0n) is 8.28. The molecule has 1 heterocycles. The van der Waals surface area contributed by atoms with Gasteiger partial charge in [0.15, 0.2) is 5.69 Å². The van der Waals surface area contributed by atoms with E-state index in [1.807, 2.05) is 7.05 Å². The zero-order chi connectivity index (χ0) is 11.1. The maximum absolute atomic E-state index is 12.2. The van der Waals surface area contributed by atoms with E-state index in [4.69, 9.17) is 0 Å². The predicted molar refractivity (Wildman–Crippen MR) is 48.3 cm³/mol. The van der Waals surface area contributed by atoms with Gasteiger partial charge in [0.25, 0.3) is 0 Å². The second-order valence-corrected chi connectivity index (χ2v) is 3.98. The van der Waals surface area contributed by atoms with Gasteiger partial charge in [-0.3, -0.25) is 5.10 Å². The van der Waals surface area contributed by atoms with Crippen molar-refractivity contribution >= 4 is 0 Å². The zero-order valence-corrected chi connectivity index (χ0v) is 8.28. The fraction of sp³-hybridized carbons (Fsp3) is 0.667. The second kappa shape index (κ2) is 3.23. The van der Waals surface area contributed by atoms with Gasteiger partial charge >= 0.3 is 6.18 Å². The highest BCUT2D eigenvalue weighted by atomic mass is 19.4. The van der Waals surface area contributed by atoms with Gasteiger partial charge in [-0.05, 0) is 26.0 Å². The van der Waals surface area contributed by atoms with Gasteiger partial charge in [0.1, 0.15) is 0 Å². The van der Waals surface area contributed by atoms with Crippen LogP contribution in [0, 0.1) is 0 Å². The quantitative estimate of drug-likeness (QED) is 0.812. The van der Waals surface area contributed by atoms with Gasteiger partial charge < -0.3 is 5.32 Å². The van der Waals surface area contributed by atoms with E-state index in [2.05, 4.69) is 15.5 Å². The van der Waals surface area contributed by atoms with Crippen molar-refractivity contribution in [1.82, 2.24) is 15.5 Å². The lowest BCUT2D eigenvalue weighted by molar-refractivity contribution is -0.141. The van der Waals surface area contributed by atoms with Crippen LogP contribution in [0.3, 0.4) is 0 Å². The summed E-state index contributed by atoms with van der Waals surface area (Å²) >= 11 is 0. The van der Waals surface area contributed by atoms with E-state index in [1.165, 1.54) is 0 Å². The third-order valence-electron chi connectivity index (χ3n) is 2.83. The Morgan fingerprint density at radius 3 is 2.60 bits per heavy atom. The molecule has 1 aliphatic rings. The highest BCUT2D eigenvalue weighted by molar-refractivity contribution is 5.17. The third kappa shape index (κ3) is 2.14. The molecular formula is C9H12F3N3. The van der Waals surface area contributed by atoms with E-state index in [0.717, 1.165) is 18.9 Å². The molecule has 0 amide bonds. The lowest BCUT2D eigenvalue weighted by Crippen LogP contribution is -2.29. The monoisotopic (exact) mass is 219 g/mol. The first-order chi connectivity index (χ1) is 6.95. The molecule has 0 spiro atoms. The predicted octanol–water partition coefficient (Wildman–Crippen LogP) is 1.72. The Morgan fingerprint density at radius 2 is 2.20 bits per heavy atom. The molecule has 0 bridgehead atoms. The number of rotatable bonds is 3. The molecule has 1 aliphatic carbocycles. The van der Waals surface area contributed by atoms with Crippen molar-refractivity contribution < 1.29 is 13.2 Å². The number of aromatic nitrogens is 2. The van der Waals surface area contributed by atoms with Crippen molar-refractivity contribution in [2.45, 2.75) is 31.0 Å². The van der Waals surface area contributed by atoms with Gasteiger partial charge in [-0.25, -0.2) is 0 Å². The molecule has 1 saturated carbocycles. The lowest BCUT2D eigenvalue weighted by Gasteiger charge is -2.11. The van der Waals surface area contributed by atoms with Crippen molar-refractivity contribution in [2.24, 2.45) is 0 Å². The van der Waals surface area contributed by atoms with Crippen LogP contribution in [-0.4, -0.2) is 22.8 Å². The second-order valence-electron chi connectivity index (χ2n) is 3.98. The summed E-state index contributed by atoms with van der Waals surface area (Å²) < 4.78 is 36.7. The molecular weight excluding hydrogens is 207 g/mol. The van der Waals surface area contributed by atoms with Gasteiger partial charge in [-0.2, -0.15) is 18.3 Å². The Kier molecular flexibility index (Phi) is 2.26. The van der Waals surface area contributed by atoms with Crippen LogP contribution in [0.15, 0.2) is 6.07 Å². The summed E-state index contributed by atoms with van der Waals surface area (Å²) in [5.41, 5.74) is -0.311. The number of aromatic amines is 1. The molecule has 0 atom stereocenters. The van der Waals surface area contributed by atoms with E-state index < -0.39 is 11.9 Å². The Balaban J connectivity index is 2.08. The molecule has 2 N–H and O–H groups in total. The van der Waals surface area contributed by atoms with Crippen LogP contribution in [0.1, 0.15) is 24.2 Å². The minimum Gasteiger partial charge on any atom is -0.314 e. The Hall–Kier alpha value is -1.04. The Labute approximate surface area is 85.1 Å².